The number of thiophene rings is 1. The van der Waals surface area contributed by atoms with Gasteiger partial charge in [-0.3, -0.25) is 0 Å². The molecule has 0 unspecified atom stereocenters. The minimum atomic E-state index is -0.737. The van der Waals surface area contributed by atoms with Crippen molar-refractivity contribution in [2.75, 3.05) is 0 Å². The molecule has 0 aliphatic rings. The van der Waals surface area contributed by atoms with Crippen molar-refractivity contribution in [3.63, 3.8) is 0 Å². The first-order chi connectivity index (χ1) is 12.7. The van der Waals surface area contributed by atoms with Gasteiger partial charge >= 0.3 is 0 Å². The molecule has 2 heterocycles. The minimum absolute atomic E-state index is 0.00502. The zero-order valence-electron chi connectivity index (χ0n) is 13.4. The van der Waals surface area contributed by atoms with Crippen molar-refractivity contribution >= 4 is 11.3 Å². The third-order valence-electron chi connectivity index (χ3n) is 3.63. The monoisotopic (exact) mass is 370 g/mol. The van der Waals surface area contributed by atoms with Gasteiger partial charge in [0.05, 0.1) is 4.88 Å². The number of hydrogen-bond acceptors (Lipinski definition) is 5. The van der Waals surface area contributed by atoms with Crippen LogP contribution in [0.15, 0.2) is 64.5 Å². The van der Waals surface area contributed by atoms with E-state index in [0.29, 0.717) is 11.7 Å². The van der Waals surface area contributed by atoms with Gasteiger partial charge in [-0.15, -0.1) is 11.3 Å². The van der Waals surface area contributed by atoms with Crippen molar-refractivity contribution in [3.8, 4) is 27.9 Å². The van der Waals surface area contributed by atoms with Gasteiger partial charge < -0.3 is 9.26 Å². The van der Waals surface area contributed by atoms with E-state index in [-0.39, 0.29) is 12.4 Å². The first kappa shape index (κ1) is 16.4. The van der Waals surface area contributed by atoms with Crippen LogP contribution in [0.3, 0.4) is 0 Å². The lowest BCUT2D eigenvalue weighted by atomic mass is 10.1. The second-order valence-corrected chi connectivity index (χ2v) is 6.41. The molecule has 0 fully saturated rings. The van der Waals surface area contributed by atoms with Gasteiger partial charge in [-0.05, 0) is 41.3 Å². The summed E-state index contributed by atoms with van der Waals surface area (Å²) in [6.07, 6.45) is 0. The highest BCUT2D eigenvalue weighted by Gasteiger charge is 2.12. The topological polar surface area (TPSA) is 48.2 Å². The van der Waals surface area contributed by atoms with Gasteiger partial charge in [-0.2, -0.15) is 4.98 Å². The normalized spacial score (nSPS) is 10.8. The summed E-state index contributed by atoms with van der Waals surface area (Å²) in [5.74, 6) is -0.462. The van der Waals surface area contributed by atoms with Crippen LogP contribution in [-0.4, -0.2) is 10.1 Å². The molecule has 4 aromatic rings. The van der Waals surface area contributed by atoms with Crippen LogP contribution in [0.4, 0.5) is 8.78 Å². The Morgan fingerprint density at radius 1 is 1.04 bits per heavy atom. The maximum atomic E-state index is 13.6. The highest BCUT2D eigenvalue weighted by molar-refractivity contribution is 7.13. The van der Waals surface area contributed by atoms with Crippen LogP contribution in [0, 0.1) is 11.6 Å². The Bertz CT molecular complexity index is 1030. The Balaban J connectivity index is 1.51. The van der Waals surface area contributed by atoms with Crippen molar-refractivity contribution in [1.82, 2.24) is 10.1 Å². The summed E-state index contributed by atoms with van der Waals surface area (Å²) in [6, 6.07) is 14.4. The molecule has 0 radical (unpaired) electrons. The standard InChI is InChI=1S/C19H12F2N2O2S/c20-14-6-7-16(15(21)10-14)24-11-12-3-1-4-13(9-12)19-22-18(23-25-19)17-5-2-8-26-17/h1-10H,11H2. The van der Waals surface area contributed by atoms with E-state index in [9.17, 15) is 8.78 Å². The molecule has 4 rings (SSSR count). The molecule has 0 saturated heterocycles. The molecule has 7 heteroatoms. The lowest BCUT2D eigenvalue weighted by Crippen LogP contribution is -1.98. The molecule has 2 aromatic heterocycles. The maximum Gasteiger partial charge on any atom is 0.258 e. The zero-order valence-corrected chi connectivity index (χ0v) is 14.2. The molecule has 2 aromatic carbocycles. The number of aromatic nitrogens is 2. The summed E-state index contributed by atoms with van der Waals surface area (Å²) in [5.41, 5.74) is 1.53. The first-order valence-electron chi connectivity index (χ1n) is 7.74. The third-order valence-corrected chi connectivity index (χ3v) is 4.50. The first-order valence-corrected chi connectivity index (χ1v) is 8.62. The molecule has 26 heavy (non-hydrogen) atoms. The van der Waals surface area contributed by atoms with E-state index in [0.717, 1.165) is 28.1 Å². The summed E-state index contributed by atoms with van der Waals surface area (Å²) in [5, 5.41) is 5.93. The number of ether oxygens (including phenoxy) is 1. The molecule has 4 nitrogen and oxygen atoms in total. The summed E-state index contributed by atoms with van der Waals surface area (Å²) in [6.45, 7) is 0.127. The Morgan fingerprint density at radius 3 is 2.77 bits per heavy atom. The summed E-state index contributed by atoms with van der Waals surface area (Å²) in [4.78, 5) is 5.32. The fourth-order valence-corrected chi connectivity index (χ4v) is 3.04. The molecule has 0 N–H and O–H groups in total. The van der Waals surface area contributed by atoms with Gasteiger partial charge in [0.15, 0.2) is 11.6 Å². The predicted octanol–water partition coefficient (Wildman–Crippen LogP) is 5.32. The maximum absolute atomic E-state index is 13.6. The summed E-state index contributed by atoms with van der Waals surface area (Å²) in [7, 11) is 0. The van der Waals surface area contributed by atoms with Crippen LogP contribution in [0.5, 0.6) is 5.75 Å². The van der Waals surface area contributed by atoms with Crippen LogP contribution in [-0.2, 0) is 6.61 Å². The smallest absolute Gasteiger partial charge is 0.258 e. The lowest BCUT2D eigenvalue weighted by Gasteiger charge is -2.08. The van der Waals surface area contributed by atoms with Gasteiger partial charge in [0.25, 0.3) is 5.89 Å². The van der Waals surface area contributed by atoms with Gasteiger partial charge in [0.2, 0.25) is 5.82 Å². The molecule has 130 valence electrons. The molecular weight excluding hydrogens is 358 g/mol. The van der Waals surface area contributed by atoms with Crippen LogP contribution >= 0.6 is 11.3 Å². The average Bonchev–Trinajstić information content (AvgIpc) is 3.33. The lowest BCUT2D eigenvalue weighted by molar-refractivity contribution is 0.289. The van der Waals surface area contributed by atoms with Crippen LogP contribution < -0.4 is 4.74 Å². The van der Waals surface area contributed by atoms with Crippen molar-refractivity contribution in [2.24, 2.45) is 0 Å². The number of benzene rings is 2. The van der Waals surface area contributed by atoms with E-state index in [2.05, 4.69) is 10.1 Å². The Morgan fingerprint density at radius 2 is 1.96 bits per heavy atom. The fraction of sp³-hybridized carbons (Fsp3) is 0.0526. The van der Waals surface area contributed by atoms with Crippen molar-refractivity contribution in [1.29, 1.82) is 0 Å². The Hall–Kier alpha value is -3.06. The molecular formula is C19H12F2N2O2S. The third kappa shape index (κ3) is 3.48. The quantitative estimate of drug-likeness (QED) is 0.477. The van der Waals surface area contributed by atoms with E-state index in [1.165, 1.54) is 17.4 Å². The Kier molecular flexibility index (Phi) is 4.45. The second-order valence-electron chi connectivity index (χ2n) is 5.46. The van der Waals surface area contributed by atoms with E-state index >= 15 is 0 Å². The molecule has 0 atom stereocenters. The highest BCUT2D eigenvalue weighted by Crippen LogP contribution is 2.26. The van der Waals surface area contributed by atoms with Crippen molar-refractivity contribution in [3.05, 3.63) is 77.2 Å². The molecule has 0 spiro atoms. The second kappa shape index (κ2) is 7.05. The van der Waals surface area contributed by atoms with Gasteiger partial charge in [-0.25, -0.2) is 8.78 Å². The van der Waals surface area contributed by atoms with Crippen LogP contribution in [0.2, 0.25) is 0 Å². The number of nitrogens with zero attached hydrogens (tertiary/aromatic N) is 2. The zero-order chi connectivity index (χ0) is 17.9. The average molecular weight is 370 g/mol. The fourth-order valence-electron chi connectivity index (χ4n) is 2.39. The number of hydrogen-bond donors (Lipinski definition) is 0. The number of halogens is 2. The van der Waals surface area contributed by atoms with E-state index in [1.807, 2.05) is 41.8 Å². The van der Waals surface area contributed by atoms with E-state index in [1.54, 1.807) is 0 Å². The molecule has 0 aliphatic carbocycles. The largest absolute Gasteiger partial charge is 0.486 e. The van der Waals surface area contributed by atoms with Gasteiger partial charge in [-0.1, -0.05) is 23.4 Å². The molecule has 0 aliphatic heterocycles. The van der Waals surface area contributed by atoms with Crippen LogP contribution in [0.25, 0.3) is 22.2 Å². The SMILES string of the molecule is Fc1ccc(OCc2cccc(-c3nc(-c4cccs4)no3)c2)c(F)c1. The van der Waals surface area contributed by atoms with Crippen LogP contribution in [0.1, 0.15) is 5.56 Å². The summed E-state index contributed by atoms with van der Waals surface area (Å²) >= 11 is 1.53. The van der Waals surface area contributed by atoms with Crippen molar-refractivity contribution in [2.45, 2.75) is 6.61 Å². The predicted molar refractivity (Wildman–Crippen MR) is 93.7 cm³/mol. The Labute approximate surface area is 151 Å². The van der Waals surface area contributed by atoms with Crippen molar-refractivity contribution < 1.29 is 18.0 Å². The van der Waals surface area contributed by atoms with E-state index < -0.39 is 11.6 Å². The number of rotatable bonds is 5. The van der Waals surface area contributed by atoms with Gasteiger partial charge in [0, 0.05) is 11.6 Å². The summed E-state index contributed by atoms with van der Waals surface area (Å²) < 4.78 is 37.3. The van der Waals surface area contributed by atoms with Gasteiger partial charge in [0.1, 0.15) is 12.4 Å². The van der Waals surface area contributed by atoms with E-state index in [4.69, 9.17) is 9.26 Å². The molecule has 0 bridgehead atoms. The molecule has 0 amide bonds. The highest BCUT2D eigenvalue weighted by atomic mass is 32.1. The molecule has 0 saturated carbocycles. The minimum Gasteiger partial charge on any atom is -0.486 e.